The molecule has 1 fully saturated rings. The van der Waals surface area contributed by atoms with Crippen LogP contribution < -0.4 is 5.73 Å². The van der Waals surface area contributed by atoms with Crippen molar-refractivity contribution < 1.29 is 9.90 Å². The highest BCUT2D eigenvalue weighted by Gasteiger charge is 2.32. The SMILES string of the molecule is CN(CC1CC(O)C1)C(=O)C(C)(C)N. The van der Waals surface area contributed by atoms with Crippen molar-refractivity contribution in [1.29, 1.82) is 0 Å². The van der Waals surface area contributed by atoms with Crippen LogP contribution in [0.5, 0.6) is 0 Å². The molecule has 1 aliphatic rings. The summed E-state index contributed by atoms with van der Waals surface area (Å²) in [6.07, 6.45) is 1.46. The summed E-state index contributed by atoms with van der Waals surface area (Å²) in [7, 11) is 1.77. The summed E-state index contributed by atoms with van der Waals surface area (Å²) in [5.41, 5.74) is 4.91. The van der Waals surface area contributed by atoms with E-state index in [0.717, 1.165) is 12.8 Å². The molecule has 1 rings (SSSR count). The number of hydrogen-bond acceptors (Lipinski definition) is 3. The summed E-state index contributed by atoms with van der Waals surface area (Å²) in [5, 5.41) is 9.10. The number of nitrogens with zero attached hydrogens (tertiary/aromatic N) is 1. The summed E-state index contributed by atoms with van der Waals surface area (Å²) in [4.78, 5) is 13.3. The van der Waals surface area contributed by atoms with Gasteiger partial charge in [-0.05, 0) is 32.6 Å². The Balaban J connectivity index is 2.35. The van der Waals surface area contributed by atoms with Crippen LogP contribution >= 0.6 is 0 Å². The molecule has 0 aliphatic heterocycles. The van der Waals surface area contributed by atoms with Gasteiger partial charge >= 0.3 is 0 Å². The van der Waals surface area contributed by atoms with Gasteiger partial charge in [0.15, 0.2) is 0 Å². The molecule has 0 heterocycles. The number of nitrogens with two attached hydrogens (primary N) is 1. The number of aliphatic hydroxyl groups is 1. The summed E-state index contributed by atoms with van der Waals surface area (Å²) >= 11 is 0. The Kier molecular flexibility index (Phi) is 3.17. The second-order valence-electron chi connectivity index (χ2n) is 4.90. The highest BCUT2D eigenvalue weighted by molar-refractivity contribution is 5.84. The van der Waals surface area contributed by atoms with Gasteiger partial charge in [-0.25, -0.2) is 0 Å². The number of carbonyl (C=O) groups is 1. The lowest BCUT2D eigenvalue weighted by atomic mass is 9.82. The van der Waals surface area contributed by atoms with Crippen LogP contribution in [0.3, 0.4) is 0 Å². The zero-order valence-corrected chi connectivity index (χ0v) is 9.16. The van der Waals surface area contributed by atoms with Crippen LogP contribution in [0, 0.1) is 5.92 Å². The highest BCUT2D eigenvalue weighted by atomic mass is 16.3. The second kappa shape index (κ2) is 3.87. The van der Waals surface area contributed by atoms with Crippen molar-refractivity contribution in [2.24, 2.45) is 11.7 Å². The average molecular weight is 200 g/mol. The van der Waals surface area contributed by atoms with E-state index in [0.29, 0.717) is 12.5 Å². The van der Waals surface area contributed by atoms with Crippen LogP contribution in [-0.2, 0) is 4.79 Å². The first-order valence-corrected chi connectivity index (χ1v) is 5.03. The molecule has 0 aromatic rings. The molecule has 0 aromatic heterocycles. The number of hydrogen-bond donors (Lipinski definition) is 2. The number of carbonyl (C=O) groups excluding carboxylic acids is 1. The van der Waals surface area contributed by atoms with Crippen molar-refractivity contribution in [1.82, 2.24) is 4.90 Å². The second-order valence-corrected chi connectivity index (χ2v) is 4.90. The smallest absolute Gasteiger partial charge is 0.241 e. The number of aliphatic hydroxyl groups excluding tert-OH is 1. The normalized spacial score (nSPS) is 26.9. The third-order valence-electron chi connectivity index (χ3n) is 2.64. The quantitative estimate of drug-likeness (QED) is 0.671. The fraction of sp³-hybridized carbons (Fsp3) is 0.900. The van der Waals surface area contributed by atoms with Gasteiger partial charge in [0.25, 0.3) is 0 Å². The topological polar surface area (TPSA) is 66.6 Å². The van der Waals surface area contributed by atoms with Gasteiger partial charge in [-0.2, -0.15) is 0 Å². The Labute approximate surface area is 85.1 Å². The Hall–Kier alpha value is -0.610. The third-order valence-corrected chi connectivity index (χ3v) is 2.64. The lowest BCUT2D eigenvalue weighted by Crippen LogP contribution is -2.51. The Morgan fingerprint density at radius 3 is 2.43 bits per heavy atom. The van der Waals surface area contributed by atoms with Crippen LogP contribution in [-0.4, -0.2) is 41.1 Å². The summed E-state index contributed by atoms with van der Waals surface area (Å²) in [6, 6.07) is 0. The van der Waals surface area contributed by atoms with Crippen LogP contribution in [0.2, 0.25) is 0 Å². The lowest BCUT2D eigenvalue weighted by molar-refractivity contribution is -0.136. The fourth-order valence-electron chi connectivity index (χ4n) is 1.81. The van der Waals surface area contributed by atoms with Crippen molar-refractivity contribution >= 4 is 5.91 Å². The molecule has 0 radical (unpaired) electrons. The molecule has 1 saturated carbocycles. The first-order chi connectivity index (χ1) is 6.30. The van der Waals surface area contributed by atoms with E-state index in [1.54, 1.807) is 25.8 Å². The summed E-state index contributed by atoms with van der Waals surface area (Å²) in [5.74, 6) is 0.403. The highest BCUT2D eigenvalue weighted by Crippen LogP contribution is 2.27. The van der Waals surface area contributed by atoms with E-state index < -0.39 is 5.54 Å². The van der Waals surface area contributed by atoms with Crippen molar-refractivity contribution in [3.63, 3.8) is 0 Å². The fourth-order valence-corrected chi connectivity index (χ4v) is 1.81. The van der Waals surface area contributed by atoms with E-state index >= 15 is 0 Å². The third kappa shape index (κ3) is 2.69. The average Bonchev–Trinajstić information content (AvgIpc) is 1.98. The maximum atomic E-state index is 11.7. The molecular weight excluding hydrogens is 180 g/mol. The van der Waals surface area contributed by atoms with Crippen LogP contribution in [0.1, 0.15) is 26.7 Å². The van der Waals surface area contributed by atoms with Crippen molar-refractivity contribution in [2.75, 3.05) is 13.6 Å². The maximum absolute atomic E-state index is 11.7. The Bertz CT molecular complexity index is 217. The predicted molar refractivity (Wildman–Crippen MR) is 54.6 cm³/mol. The van der Waals surface area contributed by atoms with E-state index in [2.05, 4.69) is 0 Å². The van der Waals surface area contributed by atoms with Gasteiger partial charge in [0.2, 0.25) is 5.91 Å². The molecule has 4 heteroatoms. The lowest BCUT2D eigenvalue weighted by Gasteiger charge is -2.36. The van der Waals surface area contributed by atoms with Crippen molar-refractivity contribution in [3.8, 4) is 0 Å². The molecule has 1 amide bonds. The van der Waals surface area contributed by atoms with Crippen molar-refractivity contribution in [3.05, 3.63) is 0 Å². The molecule has 0 atom stereocenters. The summed E-state index contributed by atoms with van der Waals surface area (Å²) < 4.78 is 0. The molecular formula is C10H20N2O2. The zero-order valence-electron chi connectivity index (χ0n) is 9.16. The number of likely N-dealkylation sites (N-methyl/N-ethyl adjacent to an activating group) is 1. The Morgan fingerprint density at radius 1 is 1.57 bits per heavy atom. The van der Waals surface area contributed by atoms with Gasteiger partial charge in [-0.1, -0.05) is 0 Å². The van der Waals surface area contributed by atoms with E-state index in [-0.39, 0.29) is 12.0 Å². The van der Waals surface area contributed by atoms with Gasteiger partial charge < -0.3 is 15.7 Å². The van der Waals surface area contributed by atoms with Crippen molar-refractivity contribution in [2.45, 2.75) is 38.3 Å². The molecule has 0 saturated heterocycles. The van der Waals surface area contributed by atoms with E-state index in [1.165, 1.54) is 0 Å². The summed E-state index contributed by atoms with van der Waals surface area (Å²) in [6.45, 7) is 4.12. The number of amides is 1. The first-order valence-electron chi connectivity index (χ1n) is 5.03. The van der Waals surface area contributed by atoms with Gasteiger partial charge in [-0.3, -0.25) is 4.79 Å². The minimum absolute atomic E-state index is 0.0427. The molecule has 1 aliphatic carbocycles. The molecule has 4 nitrogen and oxygen atoms in total. The van der Waals surface area contributed by atoms with Gasteiger partial charge in [-0.15, -0.1) is 0 Å². The monoisotopic (exact) mass is 200 g/mol. The molecule has 14 heavy (non-hydrogen) atoms. The van der Waals surface area contributed by atoms with Gasteiger partial charge in [0.05, 0.1) is 11.6 Å². The van der Waals surface area contributed by atoms with E-state index in [9.17, 15) is 4.79 Å². The van der Waals surface area contributed by atoms with Crippen LogP contribution in [0.15, 0.2) is 0 Å². The molecule has 82 valence electrons. The Morgan fingerprint density at radius 2 is 2.07 bits per heavy atom. The molecule has 0 spiro atoms. The van der Waals surface area contributed by atoms with Gasteiger partial charge in [0.1, 0.15) is 0 Å². The zero-order chi connectivity index (χ0) is 10.9. The van der Waals surface area contributed by atoms with Crippen LogP contribution in [0.25, 0.3) is 0 Å². The standard InChI is InChI=1S/C10H20N2O2/c1-10(2,11)9(14)12(3)6-7-4-8(13)5-7/h7-8,13H,4-6,11H2,1-3H3. The predicted octanol–water partition coefficient (Wildman–Crippen LogP) is -0.0470. The minimum atomic E-state index is -0.795. The molecule has 0 aromatic carbocycles. The maximum Gasteiger partial charge on any atom is 0.241 e. The van der Waals surface area contributed by atoms with E-state index in [1.807, 2.05) is 0 Å². The van der Waals surface area contributed by atoms with Crippen LogP contribution in [0.4, 0.5) is 0 Å². The van der Waals surface area contributed by atoms with Gasteiger partial charge in [0, 0.05) is 13.6 Å². The molecule has 3 N–H and O–H groups in total. The molecule has 0 unspecified atom stereocenters. The minimum Gasteiger partial charge on any atom is -0.393 e. The molecule has 0 bridgehead atoms. The largest absolute Gasteiger partial charge is 0.393 e. The first kappa shape index (κ1) is 11.5. The van der Waals surface area contributed by atoms with E-state index in [4.69, 9.17) is 10.8 Å². The number of rotatable bonds is 3.